The summed E-state index contributed by atoms with van der Waals surface area (Å²) in [6.45, 7) is 3.76. The molecule has 6 heteroatoms. The molecule has 0 aliphatic carbocycles. The number of hydrogen-bond donors (Lipinski definition) is 1. The highest BCUT2D eigenvalue weighted by Gasteiger charge is 2.14. The molecule has 1 aromatic heterocycles. The Balaban J connectivity index is 2.43. The molecule has 0 aliphatic heterocycles. The largest absolute Gasteiger partial charge is 0.450 e. The van der Waals surface area contributed by atoms with Crippen LogP contribution in [0.4, 0.5) is 14.9 Å². The van der Waals surface area contributed by atoms with E-state index in [0.29, 0.717) is 10.2 Å². The van der Waals surface area contributed by atoms with E-state index in [9.17, 15) is 9.18 Å². The number of nitrogens with one attached hydrogen (secondary N) is 1. The Bertz CT molecular complexity index is 568. The monoisotopic (exact) mass is 254 g/mol. The molecule has 0 saturated carbocycles. The fourth-order valence-corrected chi connectivity index (χ4v) is 2.37. The summed E-state index contributed by atoms with van der Waals surface area (Å²) in [5.74, 6) is -0.491. The molecule has 0 atom stereocenters. The Kier molecular flexibility index (Phi) is 3.23. The predicted octanol–water partition coefficient (Wildman–Crippen LogP) is 3.31. The first kappa shape index (κ1) is 11.8. The molecule has 0 unspecified atom stereocenters. The van der Waals surface area contributed by atoms with Crippen molar-refractivity contribution in [2.75, 3.05) is 11.9 Å². The highest BCUT2D eigenvalue weighted by molar-refractivity contribution is 7.19. The number of fused-ring (bicyclic) bond motifs is 1. The Morgan fingerprint density at radius 3 is 3.06 bits per heavy atom. The molecule has 90 valence electrons. The lowest BCUT2D eigenvalue weighted by Crippen LogP contribution is -2.14. The molecule has 1 aromatic carbocycles. The minimum absolute atomic E-state index is 0.131. The van der Waals surface area contributed by atoms with E-state index < -0.39 is 11.9 Å². The maximum Gasteiger partial charge on any atom is 0.411 e. The van der Waals surface area contributed by atoms with Gasteiger partial charge >= 0.3 is 6.09 Å². The third-order valence-corrected chi connectivity index (χ3v) is 3.12. The standard InChI is InChI=1S/C11H11FN2O2S/c1-3-16-11(15)14-9-7(12)4-5-8-10(9)17-6(2)13-8/h4-5H,3H2,1-2H3,(H,14,15). The average Bonchev–Trinajstić information content (AvgIpc) is 2.64. The van der Waals surface area contributed by atoms with Gasteiger partial charge < -0.3 is 4.74 Å². The highest BCUT2D eigenvalue weighted by Crippen LogP contribution is 2.31. The molecule has 1 amide bonds. The van der Waals surface area contributed by atoms with Gasteiger partial charge in [-0.1, -0.05) is 0 Å². The molecule has 0 aliphatic rings. The molecule has 4 nitrogen and oxygen atoms in total. The SMILES string of the molecule is CCOC(=O)Nc1c(F)ccc2nc(C)sc12. The molecule has 1 N–H and O–H groups in total. The van der Waals surface area contributed by atoms with Gasteiger partial charge in [-0.3, -0.25) is 5.32 Å². The zero-order valence-electron chi connectivity index (χ0n) is 9.41. The van der Waals surface area contributed by atoms with Crippen molar-refractivity contribution in [1.82, 2.24) is 4.98 Å². The molecule has 17 heavy (non-hydrogen) atoms. The van der Waals surface area contributed by atoms with Gasteiger partial charge in [-0.2, -0.15) is 0 Å². The quantitative estimate of drug-likeness (QED) is 0.894. The molecular weight excluding hydrogens is 243 g/mol. The van der Waals surface area contributed by atoms with Crippen LogP contribution in [0, 0.1) is 12.7 Å². The van der Waals surface area contributed by atoms with Crippen LogP contribution in [0.2, 0.25) is 0 Å². The van der Waals surface area contributed by atoms with E-state index in [2.05, 4.69) is 10.3 Å². The van der Waals surface area contributed by atoms with E-state index in [1.54, 1.807) is 13.0 Å². The van der Waals surface area contributed by atoms with Crippen LogP contribution in [0.25, 0.3) is 10.2 Å². The van der Waals surface area contributed by atoms with Gasteiger partial charge in [-0.05, 0) is 26.0 Å². The van der Waals surface area contributed by atoms with Gasteiger partial charge in [0.2, 0.25) is 0 Å². The number of thiazole rings is 1. The highest BCUT2D eigenvalue weighted by atomic mass is 32.1. The van der Waals surface area contributed by atoms with Crippen LogP contribution in [0.15, 0.2) is 12.1 Å². The first-order chi connectivity index (χ1) is 8.11. The fraction of sp³-hybridized carbons (Fsp3) is 0.273. The number of hydrogen-bond acceptors (Lipinski definition) is 4. The molecule has 0 bridgehead atoms. The Morgan fingerprint density at radius 2 is 2.35 bits per heavy atom. The number of amides is 1. The molecular formula is C11H11FN2O2S. The first-order valence-corrected chi connectivity index (χ1v) is 5.93. The lowest BCUT2D eigenvalue weighted by atomic mass is 10.3. The smallest absolute Gasteiger partial charge is 0.411 e. The minimum atomic E-state index is -0.662. The number of halogens is 1. The summed E-state index contributed by atoms with van der Waals surface area (Å²) in [4.78, 5) is 15.5. The number of benzene rings is 1. The predicted molar refractivity (Wildman–Crippen MR) is 65.0 cm³/mol. The molecule has 2 aromatic rings. The summed E-state index contributed by atoms with van der Waals surface area (Å²) in [7, 11) is 0. The summed E-state index contributed by atoms with van der Waals surface area (Å²) < 4.78 is 19.0. The Morgan fingerprint density at radius 1 is 1.59 bits per heavy atom. The van der Waals surface area contributed by atoms with Crippen molar-refractivity contribution in [3.63, 3.8) is 0 Å². The number of rotatable bonds is 2. The molecule has 2 rings (SSSR count). The van der Waals surface area contributed by atoms with Crippen LogP contribution in [0.1, 0.15) is 11.9 Å². The summed E-state index contributed by atoms with van der Waals surface area (Å²) in [5.41, 5.74) is 0.798. The van der Waals surface area contributed by atoms with Crippen LogP contribution in [-0.2, 0) is 4.74 Å². The van der Waals surface area contributed by atoms with Crippen molar-refractivity contribution < 1.29 is 13.9 Å². The van der Waals surface area contributed by atoms with Crippen molar-refractivity contribution in [1.29, 1.82) is 0 Å². The Labute approximate surface area is 101 Å². The van der Waals surface area contributed by atoms with Gasteiger partial charge in [0.1, 0.15) is 5.82 Å². The van der Waals surface area contributed by atoms with E-state index in [1.165, 1.54) is 17.4 Å². The zero-order valence-corrected chi connectivity index (χ0v) is 10.2. The van der Waals surface area contributed by atoms with Crippen molar-refractivity contribution in [2.45, 2.75) is 13.8 Å². The van der Waals surface area contributed by atoms with Crippen LogP contribution >= 0.6 is 11.3 Å². The zero-order chi connectivity index (χ0) is 12.4. The third-order valence-electron chi connectivity index (χ3n) is 2.12. The molecule has 0 radical (unpaired) electrons. The van der Waals surface area contributed by atoms with E-state index in [-0.39, 0.29) is 12.3 Å². The number of anilines is 1. The van der Waals surface area contributed by atoms with Gasteiger partial charge in [-0.25, -0.2) is 14.2 Å². The molecule has 0 fully saturated rings. The molecule has 1 heterocycles. The minimum Gasteiger partial charge on any atom is -0.450 e. The van der Waals surface area contributed by atoms with Gasteiger partial charge in [0.15, 0.2) is 0 Å². The summed E-state index contributed by atoms with van der Waals surface area (Å²) in [6, 6.07) is 2.87. The number of carbonyl (C=O) groups excluding carboxylic acids is 1. The van der Waals surface area contributed by atoms with Crippen LogP contribution in [-0.4, -0.2) is 17.7 Å². The number of ether oxygens (including phenoxy) is 1. The second-order valence-electron chi connectivity index (χ2n) is 3.35. The maximum atomic E-state index is 13.6. The fourth-order valence-electron chi connectivity index (χ4n) is 1.46. The van der Waals surface area contributed by atoms with Crippen molar-refractivity contribution in [3.05, 3.63) is 23.0 Å². The lowest BCUT2D eigenvalue weighted by Gasteiger charge is -2.06. The van der Waals surface area contributed by atoms with Crippen molar-refractivity contribution in [3.8, 4) is 0 Å². The van der Waals surface area contributed by atoms with Crippen LogP contribution < -0.4 is 5.32 Å². The van der Waals surface area contributed by atoms with Crippen LogP contribution in [0.3, 0.4) is 0 Å². The van der Waals surface area contributed by atoms with Crippen molar-refractivity contribution >= 4 is 33.3 Å². The third kappa shape index (κ3) is 2.36. The second-order valence-corrected chi connectivity index (χ2v) is 4.55. The van der Waals surface area contributed by atoms with Crippen molar-refractivity contribution in [2.24, 2.45) is 0 Å². The summed E-state index contributed by atoms with van der Waals surface area (Å²) >= 11 is 1.33. The van der Waals surface area contributed by atoms with Crippen LogP contribution in [0.5, 0.6) is 0 Å². The van der Waals surface area contributed by atoms with Gasteiger partial charge in [0.05, 0.1) is 27.5 Å². The number of carbonyl (C=O) groups is 1. The number of aromatic nitrogens is 1. The average molecular weight is 254 g/mol. The summed E-state index contributed by atoms with van der Waals surface area (Å²) in [6.07, 6.45) is -0.662. The molecule has 0 spiro atoms. The summed E-state index contributed by atoms with van der Waals surface area (Å²) in [5, 5.41) is 3.22. The van der Waals surface area contributed by atoms with Gasteiger partial charge in [-0.15, -0.1) is 11.3 Å². The van der Waals surface area contributed by atoms with E-state index in [4.69, 9.17) is 4.74 Å². The van der Waals surface area contributed by atoms with Gasteiger partial charge in [0, 0.05) is 0 Å². The van der Waals surface area contributed by atoms with Gasteiger partial charge in [0.25, 0.3) is 0 Å². The normalized spacial score (nSPS) is 10.5. The second kappa shape index (κ2) is 4.67. The maximum absolute atomic E-state index is 13.6. The Hall–Kier alpha value is -1.69. The van der Waals surface area contributed by atoms with E-state index in [0.717, 1.165) is 5.01 Å². The number of aryl methyl sites for hydroxylation is 1. The first-order valence-electron chi connectivity index (χ1n) is 5.11. The number of nitrogens with zero attached hydrogens (tertiary/aromatic N) is 1. The lowest BCUT2D eigenvalue weighted by molar-refractivity contribution is 0.168. The topological polar surface area (TPSA) is 51.2 Å². The molecule has 0 saturated heterocycles. The van der Waals surface area contributed by atoms with E-state index in [1.807, 2.05) is 6.92 Å². The van der Waals surface area contributed by atoms with E-state index >= 15 is 0 Å².